The zero-order valence-electron chi connectivity index (χ0n) is 14.3. The fourth-order valence-electron chi connectivity index (χ4n) is 2.40. The topological polar surface area (TPSA) is 66.9 Å². The first kappa shape index (κ1) is 18.4. The van der Waals surface area contributed by atoms with Gasteiger partial charge < -0.3 is 10.6 Å². The number of aromatic nitrogens is 2. The highest BCUT2D eigenvalue weighted by Gasteiger charge is 2.14. The molecule has 0 unspecified atom stereocenters. The first-order chi connectivity index (χ1) is 12.9. The summed E-state index contributed by atoms with van der Waals surface area (Å²) in [6, 6.07) is 10.7. The van der Waals surface area contributed by atoms with Gasteiger partial charge >= 0.3 is 0 Å². The van der Waals surface area contributed by atoms with Gasteiger partial charge in [0.2, 0.25) is 0 Å². The molecule has 5 nitrogen and oxygen atoms in total. The zero-order valence-corrected chi connectivity index (χ0v) is 14.3. The van der Waals surface area contributed by atoms with E-state index in [1.54, 1.807) is 18.2 Å². The van der Waals surface area contributed by atoms with Crippen LogP contribution in [0.1, 0.15) is 21.9 Å². The van der Waals surface area contributed by atoms with Crippen molar-refractivity contribution in [3.63, 3.8) is 0 Å². The summed E-state index contributed by atoms with van der Waals surface area (Å²) in [4.78, 5) is 20.4. The molecule has 138 valence electrons. The van der Waals surface area contributed by atoms with Gasteiger partial charge in [-0.15, -0.1) is 0 Å². The highest BCUT2D eigenvalue weighted by atomic mass is 19.1. The van der Waals surface area contributed by atoms with Crippen molar-refractivity contribution in [2.75, 3.05) is 5.32 Å². The number of carbonyl (C=O) groups excluding carboxylic acids is 1. The maximum atomic E-state index is 13.8. The van der Waals surface area contributed by atoms with Crippen LogP contribution in [-0.2, 0) is 6.54 Å². The second-order valence-corrected chi connectivity index (χ2v) is 5.68. The van der Waals surface area contributed by atoms with Gasteiger partial charge in [0.15, 0.2) is 0 Å². The molecule has 0 fully saturated rings. The normalized spacial score (nSPS) is 10.5. The van der Waals surface area contributed by atoms with E-state index in [4.69, 9.17) is 0 Å². The van der Waals surface area contributed by atoms with Crippen molar-refractivity contribution in [3.8, 4) is 0 Å². The van der Waals surface area contributed by atoms with Crippen LogP contribution in [0.15, 0.2) is 48.5 Å². The number of nitrogens with one attached hydrogen (secondary N) is 2. The summed E-state index contributed by atoms with van der Waals surface area (Å²) in [6.45, 7) is 1.51. The van der Waals surface area contributed by atoms with Crippen molar-refractivity contribution in [3.05, 3.63) is 83.1 Å². The smallest absolute Gasteiger partial charge is 0.270 e. The van der Waals surface area contributed by atoms with Gasteiger partial charge in [-0.1, -0.05) is 24.3 Å². The van der Waals surface area contributed by atoms with E-state index < -0.39 is 23.4 Å². The third-order valence-corrected chi connectivity index (χ3v) is 3.68. The summed E-state index contributed by atoms with van der Waals surface area (Å²) >= 11 is 0. The van der Waals surface area contributed by atoms with E-state index in [0.29, 0.717) is 5.56 Å². The van der Waals surface area contributed by atoms with E-state index in [1.807, 2.05) is 0 Å². The molecule has 0 aliphatic carbocycles. The molecule has 2 aromatic carbocycles. The van der Waals surface area contributed by atoms with Crippen LogP contribution < -0.4 is 10.6 Å². The fourth-order valence-corrected chi connectivity index (χ4v) is 2.40. The van der Waals surface area contributed by atoms with Gasteiger partial charge in [-0.2, -0.15) is 0 Å². The standard InChI is InChI=1S/C19H15F3N4O/c1-11-24-16(19(27)23-10-12-5-2-3-6-13(12)20)9-17(25-11)26-18-14(21)7-4-8-15(18)22/h2-9H,10H2,1H3,(H,23,27)(H,24,25,26). The summed E-state index contributed by atoms with van der Waals surface area (Å²) < 4.78 is 41.2. The van der Waals surface area contributed by atoms with Crippen molar-refractivity contribution in [1.29, 1.82) is 0 Å². The van der Waals surface area contributed by atoms with Gasteiger partial charge in [-0.25, -0.2) is 23.1 Å². The minimum atomic E-state index is -0.795. The molecule has 1 amide bonds. The molecule has 0 saturated carbocycles. The van der Waals surface area contributed by atoms with Crippen LogP contribution in [0.5, 0.6) is 0 Å². The molecule has 8 heteroatoms. The number of amides is 1. The third-order valence-electron chi connectivity index (χ3n) is 3.68. The van der Waals surface area contributed by atoms with E-state index in [1.165, 1.54) is 25.1 Å². The highest BCUT2D eigenvalue weighted by molar-refractivity contribution is 5.93. The van der Waals surface area contributed by atoms with Gasteiger partial charge in [0.05, 0.1) is 0 Å². The summed E-state index contributed by atoms with van der Waals surface area (Å²) in [6.07, 6.45) is 0. The number of aryl methyl sites for hydroxylation is 1. The van der Waals surface area contributed by atoms with Crippen molar-refractivity contribution in [1.82, 2.24) is 15.3 Å². The Hall–Kier alpha value is -3.42. The molecule has 1 heterocycles. The average Bonchev–Trinajstić information content (AvgIpc) is 2.63. The fraction of sp³-hybridized carbons (Fsp3) is 0.105. The largest absolute Gasteiger partial charge is 0.347 e. The number of para-hydroxylation sites is 1. The lowest BCUT2D eigenvalue weighted by Gasteiger charge is -2.10. The molecule has 27 heavy (non-hydrogen) atoms. The Labute approximate surface area is 153 Å². The van der Waals surface area contributed by atoms with Crippen molar-refractivity contribution in [2.45, 2.75) is 13.5 Å². The minimum Gasteiger partial charge on any atom is -0.347 e. The Morgan fingerprint density at radius 3 is 2.33 bits per heavy atom. The van der Waals surface area contributed by atoms with Crippen molar-refractivity contribution >= 4 is 17.4 Å². The lowest BCUT2D eigenvalue weighted by Crippen LogP contribution is -2.25. The Bertz CT molecular complexity index is 974. The molecule has 3 aromatic rings. The molecule has 2 N–H and O–H groups in total. The van der Waals surface area contributed by atoms with Gasteiger partial charge in [0, 0.05) is 18.2 Å². The monoisotopic (exact) mass is 372 g/mol. The Morgan fingerprint density at radius 2 is 1.63 bits per heavy atom. The molecule has 0 bridgehead atoms. The van der Waals surface area contributed by atoms with Crippen molar-refractivity contribution < 1.29 is 18.0 Å². The van der Waals surface area contributed by atoms with Crippen LogP contribution in [0.2, 0.25) is 0 Å². The minimum absolute atomic E-state index is 0.0157. The van der Waals surface area contributed by atoms with Gasteiger partial charge in [-0.3, -0.25) is 4.79 Å². The first-order valence-corrected chi connectivity index (χ1v) is 8.02. The van der Waals surface area contributed by atoms with Crippen LogP contribution in [0.4, 0.5) is 24.7 Å². The Morgan fingerprint density at radius 1 is 0.963 bits per heavy atom. The molecule has 0 saturated heterocycles. The van der Waals surface area contributed by atoms with Gasteiger partial charge in [0.25, 0.3) is 5.91 Å². The van der Waals surface area contributed by atoms with E-state index >= 15 is 0 Å². The van der Waals surface area contributed by atoms with Crippen LogP contribution >= 0.6 is 0 Å². The number of hydrogen-bond donors (Lipinski definition) is 2. The SMILES string of the molecule is Cc1nc(Nc2c(F)cccc2F)cc(C(=O)NCc2ccccc2F)n1. The van der Waals surface area contributed by atoms with Crippen LogP contribution in [0.3, 0.4) is 0 Å². The lowest BCUT2D eigenvalue weighted by molar-refractivity contribution is 0.0945. The van der Waals surface area contributed by atoms with E-state index in [0.717, 1.165) is 12.1 Å². The predicted octanol–water partition coefficient (Wildman–Crippen LogP) is 3.88. The molecule has 0 spiro atoms. The maximum Gasteiger partial charge on any atom is 0.270 e. The number of anilines is 2. The lowest BCUT2D eigenvalue weighted by atomic mass is 10.2. The third kappa shape index (κ3) is 4.41. The number of rotatable bonds is 5. The summed E-state index contributed by atoms with van der Waals surface area (Å²) in [5.41, 5.74) is -0.0743. The van der Waals surface area contributed by atoms with E-state index in [9.17, 15) is 18.0 Å². The van der Waals surface area contributed by atoms with Crippen molar-refractivity contribution in [2.24, 2.45) is 0 Å². The molecule has 1 aromatic heterocycles. The van der Waals surface area contributed by atoms with Crippen LogP contribution in [0.25, 0.3) is 0 Å². The molecular formula is C19H15F3N4O. The molecular weight excluding hydrogens is 357 g/mol. The second kappa shape index (κ2) is 7.86. The number of halogens is 3. The number of carbonyl (C=O) groups is 1. The number of nitrogens with zero attached hydrogens (tertiary/aromatic N) is 2. The molecule has 0 atom stereocenters. The summed E-state index contributed by atoms with van der Waals surface area (Å²) in [5.74, 6) is -2.31. The second-order valence-electron chi connectivity index (χ2n) is 5.68. The molecule has 0 radical (unpaired) electrons. The molecule has 3 rings (SSSR count). The number of hydrogen-bond acceptors (Lipinski definition) is 4. The van der Waals surface area contributed by atoms with E-state index in [2.05, 4.69) is 20.6 Å². The van der Waals surface area contributed by atoms with Crippen LogP contribution in [-0.4, -0.2) is 15.9 Å². The zero-order chi connectivity index (χ0) is 19.4. The summed E-state index contributed by atoms with van der Waals surface area (Å²) in [5, 5.41) is 5.07. The van der Waals surface area contributed by atoms with E-state index in [-0.39, 0.29) is 29.6 Å². The Balaban J connectivity index is 1.78. The summed E-state index contributed by atoms with van der Waals surface area (Å²) in [7, 11) is 0. The Kier molecular flexibility index (Phi) is 5.35. The van der Waals surface area contributed by atoms with Gasteiger partial charge in [0.1, 0.15) is 40.5 Å². The first-order valence-electron chi connectivity index (χ1n) is 8.02. The molecule has 0 aliphatic heterocycles. The quantitative estimate of drug-likeness (QED) is 0.713. The number of benzene rings is 2. The van der Waals surface area contributed by atoms with Crippen LogP contribution in [0, 0.1) is 24.4 Å². The maximum absolute atomic E-state index is 13.8. The van der Waals surface area contributed by atoms with Gasteiger partial charge in [-0.05, 0) is 25.1 Å². The average molecular weight is 372 g/mol. The predicted molar refractivity (Wildman–Crippen MR) is 94.0 cm³/mol. The highest BCUT2D eigenvalue weighted by Crippen LogP contribution is 2.22. The molecule has 0 aliphatic rings.